The largest absolute Gasteiger partial charge is 0.355 e. The van der Waals surface area contributed by atoms with Gasteiger partial charge in [-0.3, -0.25) is 4.79 Å². The summed E-state index contributed by atoms with van der Waals surface area (Å²) < 4.78 is 16.1. The lowest BCUT2D eigenvalue weighted by atomic mass is 9.63. The van der Waals surface area contributed by atoms with E-state index in [0.717, 1.165) is 38.6 Å². The summed E-state index contributed by atoms with van der Waals surface area (Å²) in [6.07, 6.45) is 9.80. The summed E-state index contributed by atoms with van der Waals surface area (Å²) in [4.78, 5) is 16.6. The minimum atomic E-state index is -0.657. The molecule has 0 aliphatic heterocycles. The quantitative estimate of drug-likeness (QED) is 0.798. The number of hydrogen-bond acceptors (Lipinski definition) is 2. The Labute approximate surface area is 135 Å². The van der Waals surface area contributed by atoms with Gasteiger partial charge < -0.3 is 9.88 Å². The van der Waals surface area contributed by atoms with E-state index in [-0.39, 0.29) is 11.7 Å². The number of imidazole rings is 1. The Hall–Kier alpha value is -2.17. The van der Waals surface area contributed by atoms with Crippen molar-refractivity contribution in [3.8, 4) is 0 Å². The summed E-state index contributed by atoms with van der Waals surface area (Å²) in [6, 6.07) is 6.65. The van der Waals surface area contributed by atoms with Gasteiger partial charge in [0.05, 0.1) is 11.7 Å². The molecule has 1 fully saturated rings. The fourth-order valence-corrected chi connectivity index (χ4v) is 3.21. The molecule has 0 bridgehead atoms. The molecule has 1 aliphatic carbocycles. The zero-order chi connectivity index (χ0) is 16.1. The minimum Gasteiger partial charge on any atom is -0.355 e. The number of carbonyl (C=O) groups excluding carboxylic acids is 1. The average molecular weight is 315 g/mol. The molecule has 0 unspecified atom stereocenters. The van der Waals surface area contributed by atoms with Crippen LogP contribution < -0.4 is 5.32 Å². The SMILES string of the molecule is O=C(NCCCCn1ccnc1)C1(c2ccccc2F)CCC1. The highest BCUT2D eigenvalue weighted by molar-refractivity contribution is 5.89. The molecule has 23 heavy (non-hydrogen) atoms. The molecule has 5 heteroatoms. The number of carbonyl (C=O) groups is 1. The number of halogens is 1. The van der Waals surface area contributed by atoms with Gasteiger partial charge in [0.1, 0.15) is 5.82 Å². The average Bonchev–Trinajstić information content (AvgIpc) is 3.01. The molecule has 1 aromatic heterocycles. The molecule has 1 heterocycles. The Morgan fingerprint density at radius 1 is 1.30 bits per heavy atom. The Morgan fingerprint density at radius 2 is 2.13 bits per heavy atom. The van der Waals surface area contributed by atoms with Gasteiger partial charge in [-0.05, 0) is 31.7 Å². The van der Waals surface area contributed by atoms with E-state index in [2.05, 4.69) is 10.3 Å². The van der Waals surface area contributed by atoms with Crippen molar-refractivity contribution in [2.45, 2.75) is 44.1 Å². The van der Waals surface area contributed by atoms with Crippen molar-refractivity contribution in [2.75, 3.05) is 6.54 Å². The van der Waals surface area contributed by atoms with Gasteiger partial charge in [0.15, 0.2) is 0 Å². The second kappa shape index (κ2) is 6.94. The van der Waals surface area contributed by atoms with E-state index in [1.165, 1.54) is 6.07 Å². The summed E-state index contributed by atoms with van der Waals surface area (Å²) in [6.45, 7) is 1.53. The maximum atomic E-state index is 14.1. The van der Waals surface area contributed by atoms with Crippen LogP contribution in [-0.2, 0) is 16.8 Å². The first-order valence-corrected chi connectivity index (χ1v) is 8.21. The molecule has 0 spiro atoms. The number of amides is 1. The van der Waals surface area contributed by atoms with Crippen molar-refractivity contribution in [1.29, 1.82) is 0 Å². The molecule has 0 saturated heterocycles. The van der Waals surface area contributed by atoms with Crippen LogP contribution in [0.1, 0.15) is 37.7 Å². The van der Waals surface area contributed by atoms with E-state index in [9.17, 15) is 9.18 Å². The normalized spacial score (nSPS) is 15.9. The molecule has 1 amide bonds. The second-order valence-electron chi connectivity index (χ2n) is 6.18. The van der Waals surface area contributed by atoms with Crippen molar-refractivity contribution in [1.82, 2.24) is 14.9 Å². The van der Waals surface area contributed by atoms with E-state index in [0.29, 0.717) is 12.1 Å². The summed E-state index contributed by atoms with van der Waals surface area (Å²) in [7, 11) is 0. The number of benzene rings is 1. The predicted octanol–water partition coefficient (Wildman–Crippen LogP) is 3.04. The Bertz CT molecular complexity index is 650. The summed E-state index contributed by atoms with van der Waals surface area (Å²) >= 11 is 0. The molecular weight excluding hydrogens is 293 g/mol. The van der Waals surface area contributed by atoms with Crippen LogP contribution in [0.2, 0.25) is 0 Å². The molecular formula is C18H22FN3O. The first kappa shape index (κ1) is 15.7. The van der Waals surface area contributed by atoms with Gasteiger partial charge in [-0.1, -0.05) is 24.6 Å². The monoisotopic (exact) mass is 315 g/mol. The summed E-state index contributed by atoms with van der Waals surface area (Å²) in [5.41, 5.74) is -0.113. The van der Waals surface area contributed by atoms with Gasteiger partial charge in [-0.25, -0.2) is 9.37 Å². The Morgan fingerprint density at radius 3 is 2.78 bits per heavy atom. The van der Waals surface area contributed by atoms with Gasteiger partial charge in [-0.2, -0.15) is 0 Å². The topological polar surface area (TPSA) is 46.9 Å². The fraction of sp³-hybridized carbons (Fsp3) is 0.444. The van der Waals surface area contributed by atoms with Crippen LogP contribution in [0, 0.1) is 5.82 Å². The van der Waals surface area contributed by atoms with Crippen molar-refractivity contribution >= 4 is 5.91 Å². The molecule has 1 aromatic carbocycles. The van der Waals surface area contributed by atoms with Crippen molar-refractivity contribution in [3.05, 3.63) is 54.4 Å². The number of nitrogens with zero attached hydrogens (tertiary/aromatic N) is 2. The van der Waals surface area contributed by atoms with Gasteiger partial charge in [0.25, 0.3) is 0 Å². The third-order valence-corrected chi connectivity index (χ3v) is 4.72. The van der Waals surface area contributed by atoms with Gasteiger partial charge >= 0.3 is 0 Å². The molecule has 1 aliphatic rings. The number of rotatable bonds is 7. The van der Waals surface area contributed by atoms with Gasteiger partial charge in [0, 0.05) is 31.0 Å². The van der Waals surface area contributed by atoms with Crippen molar-refractivity contribution < 1.29 is 9.18 Å². The molecule has 1 N–H and O–H groups in total. The predicted molar refractivity (Wildman–Crippen MR) is 86.4 cm³/mol. The lowest BCUT2D eigenvalue weighted by molar-refractivity contribution is -0.130. The molecule has 0 atom stereocenters. The fourth-order valence-electron chi connectivity index (χ4n) is 3.21. The van der Waals surface area contributed by atoms with Crippen molar-refractivity contribution in [2.24, 2.45) is 0 Å². The molecule has 3 rings (SSSR count). The third kappa shape index (κ3) is 3.28. The molecule has 1 saturated carbocycles. The van der Waals surface area contributed by atoms with E-state index < -0.39 is 5.41 Å². The molecule has 2 aromatic rings. The molecule has 4 nitrogen and oxygen atoms in total. The zero-order valence-electron chi connectivity index (χ0n) is 13.2. The first-order valence-electron chi connectivity index (χ1n) is 8.21. The summed E-state index contributed by atoms with van der Waals surface area (Å²) in [5.74, 6) is -0.307. The smallest absolute Gasteiger partial charge is 0.230 e. The molecule has 122 valence electrons. The van der Waals surface area contributed by atoms with Crippen molar-refractivity contribution in [3.63, 3.8) is 0 Å². The zero-order valence-corrected chi connectivity index (χ0v) is 13.2. The number of aromatic nitrogens is 2. The number of unbranched alkanes of at least 4 members (excludes halogenated alkanes) is 1. The van der Waals surface area contributed by atoms with Gasteiger partial charge in [0.2, 0.25) is 5.91 Å². The van der Waals surface area contributed by atoms with Crippen LogP contribution in [0.5, 0.6) is 0 Å². The second-order valence-corrected chi connectivity index (χ2v) is 6.18. The first-order chi connectivity index (χ1) is 11.2. The highest BCUT2D eigenvalue weighted by atomic mass is 19.1. The minimum absolute atomic E-state index is 0.0310. The molecule has 0 radical (unpaired) electrons. The number of nitrogens with one attached hydrogen (secondary N) is 1. The Kier molecular flexibility index (Phi) is 4.74. The van der Waals surface area contributed by atoms with E-state index >= 15 is 0 Å². The van der Waals surface area contributed by atoms with Crippen LogP contribution in [0.3, 0.4) is 0 Å². The lowest BCUT2D eigenvalue weighted by Crippen LogP contribution is -2.49. The van der Waals surface area contributed by atoms with Crippen LogP contribution >= 0.6 is 0 Å². The highest BCUT2D eigenvalue weighted by Crippen LogP contribution is 2.44. The van der Waals surface area contributed by atoms with Crippen LogP contribution in [0.15, 0.2) is 43.0 Å². The van der Waals surface area contributed by atoms with E-state index in [1.54, 1.807) is 30.7 Å². The maximum Gasteiger partial charge on any atom is 0.230 e. The van der Waals surface area contributed by atoms with Gasteiger partial charge in [-0.15, -0.1) is 0 Å². The number of hydrogen-bond donors (Lipinski definition) is 1. The van der Waals surface area contributed by atoms with Crippen LogP contribution in [0.25, 0.3) is 0 Å². The maximum absolute atomic E-state index is 14.1. The standard InChI is InChI=1S/C18H22FN3O/c19-16-7-2-1-6-15(16)18(8-5-9-18)17(23)21-10-3-4-12-22-13-11-20-14-22/h1-2,6-7,11,13-14H,3-5,8-10,12H2,(H,21,23). The van der Waals surface area contributed by atoms with E-state index in [4.69, 9.17) is 0 Å². The summed E-state index contributed by atoms with van der Waals surface area (Å²) in [5, 5.41) is 3.00. The Balaban J connectivity index is 1.51. The third-order valence-electron chi connectivity index (χ3n) is 4.72. The van der Waals surface area contributed by atoms with Crippen LogP contribution in [0.4, 0.5) is 4.39 Å². The highest BCUT2D eigenvalue weighted by Gasteiger charge is 2.46. The van der Waals surface area contributed by atoms with Crippen LogP contribution in [-0.4, -0.2) is 22.0 Å². The lowest BCUT2D eigenvalue weighted by Gasteiger charge is -2.40. The number of aryl methyl sites for hydroxylation is 1. The van der Waals surface area contributed by atoms with E-state index in [1.807, 2.05) is 10.8 Å².